The zero-order chi connectivity index (χ0) is 14.6. The highest BCUT2D eigenvalue weighted by atomic mass is 16.5. The van der Waals surface area contributed by atoms with Gasteiger partial charge < -0.3 is 19.6 Å². The summed E-state index contributed by atoms with van der Waals surface area (Å²) in [5.74, 6) is 1.59. The van der Waals surface area contributed by atoms with Crippen LogP contribution in [0, 0.1) is 0 Å². The molecule has 0 bridgehead atoms. The van der Waals surface area contributed by atoms with Crippen LogP contribution in [-0.4, -0.2) is 24.4 Å². The maximum Gasteiger partial charge on any atom is 0.176 e. The van der Waals surface area contributed by atoms with Crippen molar-refractivity contribution in [3.8, 4) is 5.75 Å². The predicted molar refractivity (Wildman–Crippen MR) is 80.0 cm³/mol. The van der Waals surface area contributed by atoms with Crippen LogP contribution in [0.4, 0.5) is 0 Å². The van der Waals surface area contributed by atoms with Gasteiger partial charge in [0.05, 0.1) is 19.3 Å². The van der Waals surface area contributed by atoms with E-state index in [0.29, 0.717) is 13.1 Å². The molecule has 0 aliphatic rings. The van der Waals surface area contributed by atoms with Crippen molar-refractivity contribution in [2.45, 2.75) is 38.8 Å². The Bertz CT molecular complexity index is 558. The summed E-state index contributed by atoms with van der Waals surface area (Å²) in [6, 6.07) is 7.83. The number of benzene rings is 1. The molecule has 0 aliphatic heterocycles. The van der Waals surface area contributed by atoms with Gasteiger partial charge in [-0.2, -0.15) is 0 Å². The van der Waals surface area contributed by atoms with Gasteiger partial charge in [-0.15, -0.1) is 0 Å². The number of fused-ring (bicyclic) bond motifs is 1. The Morgan fingerprint density at radius 3 is 2.70 bits per heavy atom. The number of hydrogen-bond acceptors (Lipinski definition) is 4. The molecule has 2 N–H and O–H groups in total. The van der Waals surface area contributed by atoms with E-state index in [2.05, 4.69) is 5.32 Å². The van der Waals surface area contributed by atoms with E-state index in [1.165, 1.54) is 0 Å². The van der Waals surface area contributed by atoms with Gasteiger partial charge in [0.15, 0.2) is 11.3 Å². The first kappa shape index (κ1) is 14.9. The lowest BCUT2D eigenvalue weighted by atomic mass is 9.98. The lowest BCUT2D eigenvalue weighted by Crippen LogP contribution is -2.39. The molecule has 0 aliphatic carbocycles. The highest BCUT2D eigenvalue weighted by Crippen LogP contribution is 2.28. The molecule has 0 saturated carbocycles. The Labute approximate surface area is 119 Å². The molecule has 1 aromatic heterocycles. The number of furan rings is 1. The summed E-state index contributed by atoms with van der Waals surface area (Å²) in [4.78, 5) is 0. The van der Waals surface area contributed by atoms with Crippen molar-refractivity contribution in [1.29, 1.82) is 0 Å². The normalized spacial score (nSPS) is 12.0. The van der Waals surface area contributed by atoms with Crippen LogP contribution in [0.15, 0.2) is 28.7 Å². The second-order valence-electron chi connectivity index (χ2n) is 5.13. The van der Waals surface area contributed by atoms with Gasteiger partial charge in [0.25, 0.3) is 0 Å². The van der Waals surface area contributed by atoms with Crippen LogP contribution in [0.1, 0.15) is 32.4 Å². The molecule has 0 spiro atoms. The number of para-hydroxylation sites is 1. The average molecular weight is 277 g/mol. The predicted octanol–water partition coefficient (Wildman–Crippen LogP) is 3.08. The largest absolute Gasteiger partial charge is 0.493 e. The molecule has 1 heterocycles. The first-order chi connectivity index (χ1) is 9.61. The number of aliphatic hydroxyl groups is 1. The van der Waals surface area contributed by atoms with Crippen molar-refractivity contribution in [2.24, 2.45) is 0 Å². The van der Waals surface area contributed by atoms with Crippen molar-refractivity contribution in [2.75, 3.05) is 13.7 Å². The Morgan fingerprint density at radius 1 is 1.30 bits per heavy atom. The summed E-state index contributed by atoms with van der Waals surface area (Å²) in [7, 11) is 1.64. The monoisotopic (exact) mass is 277 g/mol. The quantitative estimate of drug-likeness (QED) is 0.816. The number of hydrogen-bond donors (Lipinski definition) is 2. The molecular formula is C16H23NO3. The molecule has 0 radical (unpaired) electrons. The summed E-state index contributed by atoms with van der Waals surface area (Å²) < 4.78 is 11.1. The number of ether oxygens (including phenoxy) is 1. The topological polar surface area (TPSA) is 54.6 Å². The van der Waals surface area contributed by atoms with Crippen LogP contribution in [0.3, 0.4) is 0 Å². The van der Waals surface area contributed by atoms with E-state index in [0.717, 1.165) is 35.3 Å². The minimum absolute atomic E-state index is 0.564. The van der Waals surface area contributed by atoms with Crippen LogP contribution >= 0.6 is 0 Å². The average Bonchev–Trinajstić information content (AvgIpc) is 2.89. The van der Waals surface area contributed by atoms with Crippen molar-refractivity contribution >= 4 is 11.0 Å². The zero-order valence-corrected chi connectivity index (χ0v) is 12.4. The van der Waals surface area contributed by atoms with E-state index in [1.54, 1.807) is 7.11 Å². The molecule has 110 valence electrons. The van der Waals surface area contributed by atoms with E-state index >= 15 is 0 Å². The van der Waals surface area contributed by atoms with Crippen molar-refractivity contribution < 1.29 is 14.3 Å². The van der Waals surface area contributed by atoms with Crippen LogP contribution in [0.25, 0.3) is 11.0 Å². The Morgan fingerprint density at radius 2 is 2.05 bits per heavy atom. The van der Waals surface area contributed by atoms with E-state index in [4.69, 9.17) is 9.15 Å². The molecule has 2 rings (SSSR count). The third-order valence-corrected chi connectivity index (χ3v) is 3.85. The van der Waals surface area contributed by atoms with E-state index in [9.17, 15) is 5.11 Å². The molecule has 0 saturated heterocycles. The van der Waals surface area contributed by atoms with Gasteiger partial charge >= 0.3 is 0 Å². The van der Waals surface area contributed by atoms with Gasteiger partial charge in [-0.3, -0.25) is 0 Å². The fourth-order valence-electron chi connectivity index (χ4n) is 2.26. The molecule has 2 aromatic rings. The third kappa shape index (κ3) is 3.14. The molecule has 0 amide bonds. The SMILES string of the molecule is CCC(O)(CC)CNCc1cc2cccc(OC)c2o1. The lowest BCUT2D eigenvalue weighted by Gasteiger charge is -2.25. The van der Waals surface area contributed by atoms with Crippen molar-refractivity contribution in [3.05, 3.63) is 30.0 Å². The summed E-state index contributed by atoms with van der Waals surface area (Å²) in [5, 5.41) is 14.5. The highest BCUT2D eigenvalue weighted by molar-refractivity contribution is 5.83. The van der Waals surface area contributed by atoms with Gasteiger partial charge in [-0.25, -0.2) is 0 Å². The van der Waals surface area contributed by atoms with Gasteiger partial charge in [-0.05, 0) is 25.0 Å². The third-order valence-electron chi connectivity index (χ3n) is 3.85. The number of nitrogens with one attached hydrogen (secondary N) is 1. The van der Waals surface area contributed by atoms with Crippen LogP contribution in [-0.2, 0) is 6.54 Å². The Hall–Kier alpha value is -1.52. The smallest absolute Gasteiger partial charge is 0.176 e. The van der Waals surface area contributed by atoms with Crippen molar-refractivity contribution in [3.63, 3.8) is 0 Å². The highest BCUT2D eigenvalue weighted by Gasteiger charge is 2.21. The summed E-state index contributed by atoms with van der Waals surface area (Å²) in [6.07, 6.45) is 1.48. The first-order valence-corrected chi connectivity index (χ1v) is 7.10. The number of rotatable bonds is 7. The Balaban J connectivity index is 2.04. The van der Waals surface area contributed by atoms with Gasteiger partial charge in [-0.1, -0.05) is 26.0 Å². The lowest BCUT2D eigenvalue weighted by molar-refractivity contribution is 0.0319. The van der Waals surface area contributed by atoms with Crippen LogP contribution < -0.4 is 10.1 Å². The fraction of sp³-hybridized carbons (Fsp3) is 0.500. The van der Waals surface area contributed by atoms with E-state index < -0.39 is 5.60 Å². The second-order valence-corrected chi connectivity index (χ2v) is 5.13. The van der Waals surface area contributed by atoms with E-state index in [-0.39, 0.29) is 0 Å². The van der Waals surface area contributed by atoms with E-state index in [1.807, 2.05) is 38.1 Å². The van der Waals surface area contributed by atoms with Crippen LogP contribution in [0.5, 0.6) is 5.75 Å². The summed E-state index contributed by atoms with van der Waals surface area (Å²) in [6.45, 7) is 5.16. The van der Waals surface area contributed by atoms with Crippen molar-refractivity contribution in [1.82, 2.24) is 5.32 Å². The van der Waals surface area contributed by atoms with Crippen LogP contribution in [0.2, 0.25) is 0 Å². The molecule has 0 atom stereocenters. The molecule has 4 heteroatoms. The minimum atomic E-state index is -0.635. The Kier molecular flexibility index (Phi) is 4.68. The molecule has 4 nitrogen and oxygen atoms in total. The zero-order valence-electron chi connectivity index (χ0n) is 12.4. The molecule has 0 fully saturated rings. The molecular weight excluding hydrogens is 254 g/mol. The molecule has 1 aromatic carbocycles. The maximum absolute atomic E-state index is 10.2. The molecule has 20 heavy (non-hydrogen) atoms. The van der Waals surface area contributed by atoms with Gasteiger partial charge in [0.2, 0.25) is 0 Å². The fourth-order valence-corrected chi connectivity index (χ4v) is 2.26. The second kappa shape index (κ2) is 6.29. The first-order valence-electron chi connectivity index (χ1n) is 7.10. The summed E-state index contributed by atoms with van der Waals surface area (Å²) >= 11 is 0. The maximum atomic E-state index is 10.2. The van der Waals surface area contributed by atoms with Gasteiger partial charge in [0, 0.05) is 11.9 Å². The van der Waals surface area contributed by atoms with Gasteiger partial charge in [0.1, 0.15) is 5.76 Å². The molecule has 0 unspecified atom stereocenters. The minimum Gasteiger partial charge on any atom is -0.493 e. The standard InChI is InChI=1S/C16H23NO3/c1-4-16(18,5-2)11-17-10-13-9-12-7-6-8-14(19-3)15(12)20-13/h6-9,17-18H,4-5,10-11H2,1-3H3. The number of methoxy groups -OCH3 is 1. The summed E-state index contributed by atoms with van der Waals surface area (Å²) in [5.41, 5.74) is 0.136.